The molecule has 0 N–H and O–H groups in total. The van der Waals surface area contributed by atoms with E-state index in [9.17, 15) is 0 Å². The number of hydrogen-bond acceptors (Lipinski definition) is 0. The van der Waals surface area contributed by atoms with Crippen LogP contribution in [0.3, 0.4) is 0 Å². The molecule has 0 bridgehead atoms. The predicted molar refractivity (Wildman–Crippen MR) is 55.7 cm³/mol. The van der Waals surface area contributed by atoms with E-state index in [1.807, 2.05) is 0 Å². The van der Waals surface area contributed by atoms with Crippen LogP contribution in [0.4, 0.5) is 0 Å². The van der Waals surface area contributed by atoms with Crippen molar-refractivity contribution in [1.29, 1.82) is 0 Å². The summed E-state index contributed by atoms with van der Waals surface area (Å²) in [5.41, 5.74) is 0. The van der Waals surface area contributed by atoms with Gasteiger partial charge in [0.05, 0.1) is 0 Å². The molecule has 2 heteroatoms. The average molecular weight is 282 g/mol. The summed E-state index contributed by atoms with van der Waals surface area (Å²) < 4.78 is 2.72. The Balaban J connectivity index is 2.89. The Morgan fingerprint density at radius 2 is 1.64 bits per heavy atom. The van der Waals surface area contributed by atoms with Gasteiger partial charge in [0.2, 0.25) is 0 Å². The van der Waals surface area contributed by atoms with E-state index in [1.54, 1.807) is 0 Å². The molecule has 0 fully saturated rings. The maximum atomic E-state index is 6.17. The van der Waals surface area contributed by atoms with Gasteiger partial charge in [-0.1, -0.05) is 0 Å². The molecule has 0 aliphatic carbocycles. The molecular weight excluding hydrogens is 262 g/mol. The molecule has 0 spiro atoms. The van der Waals surface area contributed by atoms with E-state index in [0.29, 0.717) is 0 Å². The van der Waals surface area contributed by atoms with E-state index in [1.165, 1.54) is 41.0 Å². The van der Waals surface area contributed by atoms with Gasteiger partial charge in [0.1, 0.15) is 0 Å². The molecule has 1 radical (unpaired) electrons. The van der Waals surface area contributed by atoms with Crippen LogP contribution in [0.5, 0.6) is 0 Å². The second-order valence-corrected chi connectivity index (χ2v) is 13.0. The Morgan fingerprint density at radius 3 is 2.18 bits per heavy atom. The summed E-state index contributed by atoms with van der Waals surface area (Å²) in [4.78, 5) is 0. The van der Waals surface area contributed by atoms with Gasteiger partial charge in [0.25, 0.3) is 0 Å². The molecular formula is C9H20ClSn. The van der Waals surface area contributed by atoms with Crippen LogP contribution in [0.2, 0.25) is 8.87 Å². The first kappa shape index (κ1) is 12.1. The number of unbranched alkanes of at least 4 members (excludes halogenated alkanes) is 4. The molecule has 0 rings (SSSR count). The topological polar surface area (TPSA) is 0 Å². The van der Waals surface area contributed by atoms with Crippen molar-refractivity contribution in [2.45, 2.75) is 54.8 Å². The Labute approximate surface area is 82.2 Å². The van der Waals surface area contributed by atoms with Gasteiger partial charge in [0, 0.05) is 0 Å². The van der Waals surface area contributed by atoms with Crippen LogP contribution < -0.4 is 0 Å². The molecule has 0 unspecified atom stereocenters. The summed E-state index contributed by atoms with van der Waals surface area (Å²) in [5.74, 6) is 0. The standard InChI is InChI=1S/C7H15.C2H5.ClH.Sn/c1-3-5-7-6-4-2;1-2;;/h1,3-7H2,2H3;1H2,2H3;1H;/q;;;+1/p-1. The minimum atomic E-state index is -1.25. The molecule has 0 amide bonds. The van der Waals surface area contributed by atoms with Crippen molar-refractivity contribution in [3.8, 4) is 0 Å². The Bertz CT molecular complexity index is 76.0. The summed E-state index contributed by atoms with van der Waals surface area (Å²) in [6.07, 6.45) is 7.01. The molecule has 0 saturated heterocycles. The summed E-state index contributed by atoms with van der Waals surface area (Å²) >= 11 is -1.25. The molecule has 0 aliphatic rings. The Kier molecular flexibility index (Phi) is 10.1. The molecule has 0 atom stereocenters. The fourth-order valence-electron chi connectivity index (χ4n) is 1.10. The van der Waals surface area contributed by atoms with Crippen molar-refractivity contribution in [2.24, 2.45) is 0 Å². The van der Waals surface area contributed by atoms with Gasteiger partial charge in [-0.2, -0.15) is 0 Å². The monoisotopic (exact) mass is 283 g/mol. The van der Waals surface area contributed by atoms with Gasteiger partial charge in [-0.15, -0.1) is 0 Å². The quantitative estimate of drug-likeness (QED) is 0.485. The van der Waals surface area contributed by atoms with Crippen molar-refractivity contribution in [2.75, 3.05) is 0 Å². The van der Waals surface area contributed by atoms with Gasteiger partial charge in [-0.25, -0.2) is 0 Å². The van der Waals surface area contributed by atoms with E-state index >= 15 is 0 Å². The molecule has 0 aromatic heterocycles. The van der Waals surface area contributed by atoms with Crippen LogP contribution in [0, 0.1) is 0 Å². The Hall–Kier alpha value is 1.09. The fourth-order valence-corrected chi connectivity index (χ4v) is 4.81. The van der Waals surface area contributed by atoms with Gasteiger partial charge in [-0.3, -0.25) is 0 Å². The molecule has 0 aromatic carbocycles. The van der Waals surface area contributed by atoms with Crippen LogP contribution in [0.15, 0.2) is 0 Å². The van der Waals surface area contributed by atoms with Crippen molar-refractivity contribution in [1.82, 2.24) is 0 Å². The summed E-state index contributed by atoms with van der Waals surface area (Å²) in [6, 6.07) is 0. The van der Waals surface area contributed by atoms with Crippen LogP contribution in [0.25, 0.3) is 0 Å². The van der Waals surface area contributed by atoms with Crippen LogP contribution in [0.1, 0.15) is 46.0 Å². The minimum absolute atomic E-state index is 1.25. The SMILES string of the molecule is CCCCCC[CH2][Sn]([Cl])[CH2]C. The average Bonchev–Trinajstić information content (AvgIpc) is 2.04. The van der Waals surface area contributed by atoms with Gasteiger partial charge in [0.15, 0.2) is 0 Å². The third-order valence-electron chi connectivity index (χ3n) is 1.94. The Morgan fingerprint density at radius 1 is 1.00 bits per heavy atom. The van der Waals surface area contributed by atoms with Gasteiger partial charge >= 0.3 is 82.4 Å². The summed E-state index contributed by atoms with van der Waals surface area (Å²) in [6.45, 7) is 4.50. The van der Waals surface area contributed by atoms with Crippen LogP contribution >= 0.6 is 8.92 Å². The van der Waals surface area contributed by atoms with Crippen molar-refractivity contribution >= 4 is 27.6 Å². The zero-order valence-corrected chi connectivity index (χ0v) is 11.4. The summed E-state index contributed by atoms with van der Waals surface area (Å²) in [5, 5.41) is 0. The molecule has 0 saturated carbocycles. The number of hydrogen-bond donors (Lipinski definition) is 0. The molecule has 0 aliphatic heterocycles. The molecule has 11 heavy (non-hydrogen) atoms. The second kappa shape index (κ2) is 9.18. The molecule has 0 nitrogen and oxygen atoms in total. The van der Waals surface area contributed by atoms with E-state index in [2.05, 4.69) is 13.8 Å². The molecule has 0 aromatic rings. The number of rotatable bonds is 7. The zero-order chi connectivity index (χ0) is 8.53. The third-order valence-corrected chi connectivity index (χ3v) is 9.74. The van der Waals surface area contributed by atoms with Crippen molar-refractivity contribution < 1.29 is 0 Å². The first-order chi connectivity index (χ1) is 5.31. The maximum absolute atomic E-state index is 6.17. The van der Waals surface area contributed by atoms with Crippen molar-refractivity contribution in [3.63, 3.8) is 0 Å². The number of halogens is 1. The summed E-state index contributed by atoms with van der Waals surface area (Å²) in [7, 11) is 6.17. The first-order valence-electron chi connectivity index (χ1n) is 4.81. The third kappa shape index (κ3) is 9.00. The van der Waals surface area contributed by atoms with E-state index in [0.717, 1.165) is 0 Å². The first-order valence-corrected chi connectivity index (χ1v) is 12.5. The second-order valence-electron chi connectivity index (χ2n) is 3.04. The van der Waals surface area contributed by atoms with Crippen LogP contribution in [-0.4, -0.2) is 18.6 Å². The van der Waals surface area contributed by atoms with E-state index < -0.39 is 18.6 Å². The zero-order valence-electron chi connectivity index (χ0n) is 7.83. The van der Waals surface area contributed by atoms with E-state index in [4.69, 9.17) is 8.92 Å². The van der Waals surface area contributed by atoms with E-state index in [-0.39, 0.29) is 0 Å². The normalized spacial score (nSPS) is 10.9. The molecule has 67 valence electrons. The van der Waals surface area contributed by atoms with Gasteiger partial charge < -0.3 is 0 Å². The molecule has 0 heterocycles. The predicted octanol–water partition coefficient (Wildman–Crippen LogP) is 4.21. The van der Waals surface area contributed by atoms with Crippen LogP contribution in [-0.2, 0) is 0 Å². The van der Waals surface area contributed by atoms with Crippen molar-refractivity contribution in [3.05, 3.63) is 0 Å². The van der Waals surface area contributed by atoms with Gasteiger partial charge in [-0.05, 0) is 0 Å². The fraction of sp³-hybridized carbons (Fsp3) is 1.00.